The molecule has 0 saturated carbocycles. The van der Waals surface area contributed by atoms with E-state index in [1.54, 1.807) is 6.92 Å². The molecule has 0 aromatic rings. The van der Waals surface area contributed by atoms with Gasteiger partial charge in [0.25, 0.3) is 0 Å². The third-order valence-electron chi connectivity index (χ3n) is 1.65. The Balaban J connectivity index is 3.48. The predicted molar refractivity (Wildman–Crippen MR) is 52.8 cm³/mol. The number of carbonyl (C=O) groups is 1. The summed E-state index contributed by atoms with van der Waals surface area (Å²) >= 11 is 0. The Hall–Kier alpha value is -0.660. The van der Waals surface area contributed by atoms with Crippen LogP contribution in [-0.2, 0) is 4.79 Å². The molecule has 0 bridgehead atoms. The average molecular weight is 169 g/mol. The molecule has 12 heavy (non-hydrogen) atoms. The first kappa shape index (κ1) is 11.3. The minimum absolute atomic E-state index is 0.201. The topological polar surface area (TPSA) is 29.4 Å². The summed E-state index contributed by atoms with van der Waals surface area (Å²) in [7, 11) is 0. The molecule has 0 aromatic carbocycles. The van der Waals surface area contributed by atoms with Gasteiger partial charge < -0.3 is 0 Å². The van der Waals surface area contributed by atoms with E-state index in [1.807, 2.05) is 6.92 Å². The first-order chi connectivity index (χ1) is 5.66. The maximum Gasteiger partial charge on any atom is 0.135 e. The Kier molecular flexibility index (Phi) is 6.63. The zero-order valence-corrected chi connectivity index (χ0v) is 8.39. The third-order valence-corrected chi connectivity index (χ3v) is 1.65. The fourth-order valence-corrected chi connectivity index (χ4v) is 1.05. The van der Waals surface area contributed by atoms with Gasteiger partial charge in [0.15, 0.2) is 0 Å². The maximum absolute atomic E-state index is 10.7. The molecule has 0 amide bonds. The summed E-state index contributed by atoms with van der Waals surface area (Å²) in [4.78, 5) is 15.0. The highest BCUT2D eigenvalue weighted by Gasteiger charge is 1.95. The molecule has 0 aromatic heterocycles. The SMILES string of the molecule is CCCCC/N=C(\C)CC(C)=O. The van der Waals surface area contributed by atoms with Crippen LogP contribution in [-0.4, -0.2) is 18.0 Å². The number of unbranched alkanes of at least 4 members (excludes halogenated alkanes) is 2. The van der Waals surface area contributed by atoms with Crippen LogP contribution in [0.15, 0.2) is 4.99 Å². The summed E-state index contributed by atoms with van der Waals surface area (Å²) in [5.41, 5.74) is 0.971. The zero-order valence-electron chi connectivity index (χ0n) is 8.39. The van der Waals surface area contributed by atoms with E-state index in [0.717, 1.165) is 18.7 Å². The summed E-state index contributed by atoms with van der Waals surface area (Å²) in [6.45, 7) is 6.58. The molecule has 0 unspecified atom stereocenters. The van der Waals surface area contributed by atoms with Crippen LogP contribution in [0.4, 0.5) is 0 Å². The van der Waals surface area contributed by atoms with Crippen LogP contribution in [0.25, 0.3) is 0 Å². The smallest absolute Gasteiger partial charge is 0.135 e. The van der Waals surface area contributed by atoms with Crippen molar-refractivity contribution >= 4 is 11.5 Å². The molecule has 0 fully saturated rings. The van der Waals surface area contributed by atoms with Gasteiger partial charge in [0.2, 0.25) is 0 Å². The van der Waals surface area contributed by atoms with Gasteiger partial charge in [0, 0.05) is 18.7 Å². The molecule has 70 valence electrons. The Morgan fingerprint density at radius 1 is 1.25 bits per heavy atom. The molecule has 0 aliphatic carbocycles. The number of carbonyl (C=O) groups excluding carboxylic acids is 1. The van der Waals surface area contributed by atoms with E-state index in [9.17, 15) is 4.79 Å². The van der Waals surface area contributed by atoms with Crippen LogP contribution in [0, 0.1) is 0 Å². The Labute approximate surface area is 75.1 Å². The minimum atomic E-state index is 0.201. The molecule has 0 aliphatic heterocycles. The first-order valence-electron chi connectivity index (χ1n) is 4.66. The molecule has 0 rings (SSSR count). The molecule has 2 nitrogen and oxygen atoms in total. The molecule has 0 spiro atoms. The van der Waals surface area contributed by atoms with Crippen molar-refractivity contribution in [2.24, 2.45) is 4.99 Å². The van der Waals surface area contributed by atoms with Crippen molar-refractivity contribution in [3.63, 3.8) is 0 Å². The second kappa shape index (κ2) is 7.01. The van der Waals surface area contributed by atoms with E-state index in [-0.39, 0.29) is 5.78 Å². The fraction of sp³-hybridized carbons (Fsp3) is 0.800. The van der Waals surface area contributed by atoms with Gasteiger partial charge in [0.05, 0.1) is 0 Å². The van der Waals surface area contributed by atoms with Gasteiger partial charge in [0.1, 0.15) is 5.78 Å². The van der Waals surface area contributed by atoms with Crippen molar-refractivity contribution < 1.29 is 4.79 Å². The maximum atomic E-state index is 10.7. The number of nitrogens with zero attached hydrogens (tertiary/aromatic N) is 1. The van der Waals surface area contributed by atoms with Crippen molar-refractivity contribution in [1.82, 2.24) is 0 Å². The lowest BCUT2D eigenvalue weighted by molar-refractivity contribution is -0.115. The van der Waals surface area contributed by atoms with E-state index < -0.39 is 0 Å². The van der Waals surface area contributed by atoms with Crippen molar-refractivity contribution in [2.45, 2.75) is 46.5 Å². The van der Waals surface area contributed by atoms with Crippen LogP contribution >= 0.6 is 0 Å². The van der Waals surface area contributed by atoms with Gasteiger partial charge in [-0.1, -0.05) is 19.8 Å². The highest BCUT2D eigenvalue weighted by molar-refractivity contribution is 5.99. The monoisotopic (exact) mass is 169 g/mol. The molecular formula is C10H19NO. The lowest BCUT2D eigenvalue weighted by atomic mass is 10.2. The van der Waals surface area contributed by atoms with Crippen LogP contribution in [0.5, 0.6) is 0 Å². The van der Waals surface area contributed by atoms with Crippen LogP contribution < -0.4 is 0 Å². The van der Waals surface area contributed by atoms with Gasteiger partial charge >= 0.3 is 0 Å². The molecule has 0 N–H and O–H groups in total. The summed E-state index contributed by atoms with van der Waals surface area (Å²) in [6, 6.07) is 0. The van der Waals surface area contributed by atoms with Crippen molar-refractivity contribution in [2.75, 3.05) is 6.54 Å². The van der Waals surface area contributed by atoms with E-state index in [0.29, 0.717) is 6.42 Å². The molecule has 0 heterocycles. The summed E-state index contributed by atoms with van der Waals surface area (Å²) in [5, 5.41) is 0. The number of hydrogen-bond donors (Lipinski definition) is 0. The quantitative estimate of drug-likeness (QED) is 0.444. The largest absolute Gasteiger partial charge is 0.300 e. The number of ketones is 1. The highest BCUT2D eigenvalue weighted by atomic mass is 16.1. The van der Waals surface area contributed by atoms with E-state index in [4.69, 9.17) is 0 Å². The van der Waals surface area contributed by atoms with Crippen molar-refractivity contribution in [3.8, 4) is 0 Å². The Morgan fingerprint density at radius 3 is 2.42 bits per heavy atom. The van der Waals surface area contributed by atoms with Crippen molar-refractivity contribution in [1.29, 1.82) is 0 Å². The van der Waals surface area contributed by atoms with Gasteiger partial charge in [-0.15, -0.1) is 0 Å². The van der Waals surface area contributed by atoms with Crippen LogP contribution in [0.3, 0.4) is 0 Å². The number of aliphatic imine (C=N–C) groups is 1. The minimum Gasteiger partial charge on any atom is -0.300 e. The van der Waals surface area contributed by atoms with Gasteiger partial charge in [-0.05, 0) is 20.3 Å². The summed E-state index contributed by atoms with van der Waals surface area (Å²) in [5.74, 6) is 0.201. The fourth-order valence-electron chi connectivity index (χ4n) is 1.05. The third kappa shape index (κ3) is 7.45. The molecule has 0 saturated heterocycles. The Morgan fingerprint density at radius 2 is 1.92 bits per heavy atom. The van der Waals surface area contributed by atoms with Gasteiger partial charge in [-0.2, -0.15) is 0 Å². The number of hydrogen-bond acceptors (Lipinski definition) is 2. The summed E-state index contributed by atoms with van der Waals surface area (Å²) in [6.07, 6.45) is 4.12. The molecular weight excluding hydrogens is 150 g/mol. The van der Waals surface area contributed by atoms with E-state index in [1.165, 1.54) is 12.8 Å². The van der Waals surface area contributed by atoms with Gasteiger partial charge in [-0.25, -0.2) is 0 Å². The number of Topliss-reactive ketones (excluding diaryl/α,β-unsaturated/α-hetero) is 1. The average Bonchev–Trinajstić information content (AvgIpc) is 1.97. The molecule has 0 atom stereocenters. The second-order valence-electron chi connectivity index (χ2n) is 3.20. The molecule has 0 aliphatic rings. The van der Waals surface area contributed by atoms with E-state index >= 15 is 0 Å². The molecule has 0 radical (unpaired) electrons. The van der Waals surface area contributed by atoms with Crippen LogP contribution in [0.2, 0.25) is 0 Å². The lowest BCUT2D eigenvalue weighted by Crippen LogP contribution is -2.00. The highest BCUT2D eigenvalue weighted by Crippen LogP contribution is 1.95. The summed E-state index contributed by atoms with van der Waals surface area (Å²) < 4.78 is 0. The second-order valence-corrected chi connectivity index (χ2v) is 3.20. The normalized spacial score (nSPS) is 11.8. The van der Waals surface area contributed by atoms with Crippen LogP contribution in [0.1, 0.15) is 46.5 Å². The first-order valence-corrected chi connectivity index (χ1v) is 4.66. The zero-order chi connectivity index (χ0) is 9.40. The standard InChI is InChI=1S/C10H19NO/c1-4-5-6-7-11-9(2)8-10(3)12/h4-8H2,1-3H3/b11-9+. The number of rotatable bonds is 6. The Bertz CT molecular complexity index is 161. The van der Waals surface area contributed by atoms with E-state index in [2.05, 4.69) is 11.9 Å². The van der Waals surface area contributed by atoms with Crippen molar-refractivity contribution in [3.05, 3.63) is 0 Å². The molecule has 2 heteroatoms. The predicted octanol–water partition coefficient (Wildman–Crippen LogP) is 2.62. The van der Waals surface area contributed by atoms with Gasteiger partial charge in [-0.3, -0.25) is 9.79 Å². The lowest BCUT2D eigenvalue weighted by Gasteiger charge is -1.97.